The van der Waals surface area contributed by atoms with Gasteiger partial charge in [-0.05, 0) is 31.9 Å². The molecule has 0 amide bonds. The number of benzene rings is 1. The first-order chi connectivity index (χ1) is 8.15. The lowest BCUT2D eigenvalue weighted by molar-refractivity contribution is 0.217. The Balaban J connectivity index is 2.75. The van der Waals surface area contributed by atoms with Crippen LogP contribution >= 0.6 is 0 Å². The van der Waals surface area contributed by atoms with Gasteiger partial charge < -0.3 is 10.5 Å². The number of amidine groups is 1. The molecule has 1 atom stereocenters. The Bertz CT molecular complexity index is 374. The summed E-state index contributed by atoms with van der Waals surface area (Å²) in [5.41, 5.74) is 6.66. The number of nitrogens with zero attached hydrogens (tertiary/aromatic N) is 1. The van der Waals surface area contributed by atoms with E-state index in [9.17, 15) is 0 Å². The van der Waals surface area contributed by atoms with Crippen molar-refractivity contribution in [2.75, 3.05) is 0 Å². The van der Waals surface area contributed by atoms with Crippen LogP contribution in [0.5, 0.6) is 5.75 Å². The highest BCUT2D eigenvalue weighted by atomic mass is 16.5. The van der Waals surface area contributed by atoms with Crippen molar-refractivity contribution in [3.05, 3.63) is 24.3 Å². The van der Waals surface area contributed by atoms with Gasteiger partial charge in [-0.3, -0.25) is 0 Å². The highest BCUT2D eigenvalue weighted by molar-refractivity contribution is 5.83. The molecule has 0 aromatic heterocycles. The smallest absolute Gasteiger partial charge is 0.121 e. The third-order valence-corrected chi connectivity index (χ3v) is 2.51. The van der Waals surface area contributed by atoms with Crippen LogP contribution in [-0.4, -0.2) is 11.9 Å². The minimum Gasteiger partial charge on any atom is -0.491 e. The van der Waals surface area contributed by atoms with Crippen molar-refractivity contribution in [3.63, 3.8) is 0 Å². The molecule has 0 fully saturated rings. The SMILES string of the molecule is CCCC(N)=Nc1cccc(OC(C)CC)c1. The average Bonchev–Trinajstić information content (AvgIpc) is 2.29. The van der Waals surface area contributed by atoms with Crippen molar-refractivity contribution < 1.29 is 4.74 Å². The Kier molecular flexibility index (Phi) is 5.53. The Labute approximate surface area is 104 Å². The van der Waals surface area contributed by atoms with Crippen molar-refractivity contribution in [2.24, 2.45) is 10.7 Å². The minimum absolute atomic E-state index is 0.224. The molecule has 1 rings (SSSR count). The van der Waals surface area contributed by atoms with Crippen LogP contribution in [0.15, 0.2) is 29.3 Å². The molecule has 0 bridgehead atoms. The first kappa shape index (κ1) is 13.6. The summed E-state index contributed by atoms with van der Waals surface area (Å²) >= 11 is 0. The molecule has 2 N–H and O–H groups in total. The number of hydrogen-bond donors (Lipinski definition) is 1. The lowest BCUT2D eigenvalue weighted by Gasteiger charge is -2.12. The second-order valence-electron chi connectivity index (χ2n) is 4.19. The van der Waals surface area contributed by atoms with Gasteiger partial charge in [-0.15, -0.1) is 0 Å². The van der Waals surface area contributed by atoms with E-state index in [2.05, 4.69) is 25.8 Å². The maximum atomic E-state index is 5.80. The van der Waals surface area contributed by atoms with Gasteiger partial charge in [0.1, 0.15) is 5.75 Å². The van der Waals surface area contributed by atoms with Crippen molar-refractivity contribution >= 4 is 11.5 Å². The van der Waals surface area contributed by atoms with Crippen LogP contribution in [0.1, 0.15) is 40.0 Å². The molecular weight excluding hydrogens is 212 g/mol. The second kappa shape index (κ2) is 6.94. The van der Waals surface area contributed by atoms with E-state index in [4.69, 9.17) is 10.5 Å². The molecule has 17 heavy (non-hydrogen) atoms. The molecule has 0 aliphatic heterocycles. The summed E-state index contributed by atoms with van der Waals surface area (Å²) in [4.78, 5) is 4.36. The highest BCUT2D eigenvalue weighted by Gasteiger charge is 2.01. The molecule has 0 saturated heterocycles. The van der Waals surface area contributed by atoms with Crippen molar-refractivity contribution in [1.29, 1.82) is 0 Å². The lowest BCUT2D eigenvalue weighted by Crippen LogP contribution is -2.10. The Morgan fingerprint density at radius 3 is 2.82 bits per heavy atom. The van der Waals surface area contributed by atoms with E-state index in [1.54, 1.807) is 0 Å². The molecule has 0 radical (unpaired) electrons. The fraction of sp³-hybridized carbons (Fsp3) is 0.500. The summed E-state index contributed by atoms with van der Waals surface area (Å²) in [6, 6.07) is 7.75. The zero-order chi connectivity index (χ0) is 12.7. The second-order valence-corrected chi connectivity index (χ2v) is 4.19. The van der Waals surface area contributed by atoms with Gasteiger partial charge in [-0.1, -0.05) is 19.9 Å². The van der Waals surface area contributed by atoms with Crippen LogP contribution in [0.2, 0.25) is 0 Å². The third kappa shape index (κ3) is 4.89. The zero-order valence-electron chi connectivity index (χ0n) is 10.9. The molecule has 1 aromatic rings. The van der Waals surface area contributed by atoms with Crippen LogP contribution in [0.3, 0.4) is 0 Å². The molecule has 1 unspecified atom stereocenters. The monoisotopic (exact) mass is 234 g/mol. The number of nitrogens with two attached hydrogens (primary N) is 1. The summed E-state index contributed by atoms with van der Waals surface area (Å²) < 4.78 is 5.74. The van der Waals surface area contributed by atoms with Crippen molar-refractivity contribution in [3.8, 4) is 5.75 Å². The largest absolute Gasteiger partial charge is 0.491 e. The van der Waals surface area contributed by atoms with E-state index in [1.165, 1.54) is 0 Å². The van der Waals surface area contributed by atoms with Crippen molar-refractivity contribution in [1.82, 2.24) is 0 Å². The molecule has 3 nitrogen and oxygen atoms in total. The Hall–Kier alpha value is -1.51. The van der Waals surface area contributed by atoms with Crippen LogP contribution in [0.4, 0.5) is 5.69 Å². The highest BCUT2D eigenvalue weighted by Crippen LogP contribution is 2.21. The maximum Gasteiger partial charge on any atom is 0.121 e. The first-order valence-electron chi connectivity index (χ1n) is 6.25. The Morgan fingerprint density at radius 1 is 1.41 bits per heavy atom. The van der Waals surface area contributed by atoms with Crippen LogP contribution in [0.25, 0.3) is 0 Å². The fourth-order valence-electron chi connectivity index (χ4n) is 1.42. The third-order valence-electron chi connectivity index (χ3n) is 2.51. The summed E-state index contributed by atoms with van der Waals surface area (Å²) in [7, 11) is 0. The number of ether oxygens (including phenoxy) is 1. The van der Waals surface area contributed by atoms with Gasteiger partial charge in [0.2, 0.25) is 0 Å². The van der Waals surface area contributed by atoms with Gasteiger partial charge >= 0.3 is 0 Å². The molecule has 0 aliphatic rings. The predicted octanol–water partition coefficient (Wildman–Crippen LogP) is 3.65. The van der Waals surface area contributed by atoms with Gasteiger partial charge in [0.25, 0.3) is 0 Å². The average molecular weight is 234 g/mol. The summed E-state index contributed by atoms with van der Waals surface area (Å²) in [6.07, 6.45) is 3.06. The zero-order valence-corrected chi connectivity index (χ0v) is 10.9. The minimum atomic E-state index is 0.224. The van der Waals surface area contributed by atoms with Gasteiger partial charge in [0.05, 0.1) is 17.6 Å². The summed E-state index contributed by atoms with van der Waals surface area (Å²) in [6.45, 7) is 6.25. The fourth-order valence-corrected chi connectivity index (χ4v) is 1.42. The molecule has 3 heteroatoms. The molecular formula is C14H22N2O. The molecule has 0 heterocycles. The number of hydrogen-bond acceptors (Lipinski definition) is 2. The molecule has 94 valence electrons. The summed E-state index contributed by atoms with van der Waals surface area (Å²) in [5, 5.41) is 0. The van der Waals surface area contributed by atoms with E-state index >= 15 is 0 Å². The summed E-state index contributed by atoms with van der Waals surface area (Å²) in [5.74, 6) is 1.53. The first-order valence-corrected chi connectivity index (χ1v) is 6.25. The number of aliphatic imine (C=N–C) groups is 1. The molecule has 0 aliphatic carbocycles. The standard InChI is InChI=1S/C14H22N2O/c1-4-7-14(15)16-12-8-6-9-13(10-12)17-11(3)5-2/h6,8-11H,4-5,7H2,1-3H3,(H2,15,16). The van der Waals surface area contributed by atoms with E-state index in [0.717, 1.165) is 30.7 Å². The van der Waals surface area contributed by atoms with E-state index in [-0.39, 0.29) is 6.10 Å². The van der Waals surface area contributed by atoms with Gasteiger partial charge in [-0.25, -0.2) is 4.99 Å². The Morgan fingerprint density at radius 2 is 2.18 bits per heavy atom. The normalized spacial score (nSPS) is 13.5. The van der Waals surface area contributed by atoms with Gasteiger partial charge in [-0.2, -0.15) is 0 Å². The predicted molar refractivity (Wildman–Crippen MR) is 73.0 cm³/mol. The quantitative estimate of drug-likeness (QED) is 0.603. The van der Waals surface area contributed by atoms with Crippen LogP contribution in [-0.2, 0) is 0 Å². The van der Waals surface area contributed by atoms with Crippen LogP contribution in [0, 0.1) is 0 Å². The van der Waals surface area contributed by atoms with E-state index < -0.39 is 0 Å². The van der Waals surface area contributed by atoms with E-state index in [1.807, 2.05) is 24.3 Å². The number of rotatable bonds is 6. The topological polar surface area (TPSA) is 47.6 Å². The van der Waals surface area contributed by atoms with E-state index in [0.29, 0.717) is 5.84 Å². The molecule has 0 saturated carbocycles. The van der Waals surface area contributed by atoms with Gasteiger partial charge in [0, 0.05) is 12.5 Å². The van der Waals surface area contributed by atoms with Gasteiger partial charge in [0.15, 0.2) is 0 Å². The molecule has 0 spiro atoms. The van der Waals surface area contributed by atoms with Crippen LogP contribution < -0.4 is 10.5 Å². The molecule has 1 aromatic carbocycles. The maximum absolute atomic E-state index is 5.80. The lowest BCUT2D eigenvalue weighted by atomic mass is 10.2. The van der Waals surface area contributed by atoms with Crippen molar-refractivity contribution in [2.45, 2.75) is 46.1 Å².